The number of pyridine rings is 1. The predicted octanol–water partition coefficient (Wildman–Crippen LogP) is 6.20. The number of benzene rings is 3. The summed E-state index contributed by atoms with van der Waals surface area (Å²) in [4.78, 5) is 19.0. The highest BCUT2D eigenvalue weighted by molar-refractivity contribution is 9.10. The van der Waals surface area contributed by atoms with Gasteiger partial charge in [0.25, 0.3) is 0 Å². The number of aromatic nitrogens is 3. The van der Waals surface area contributed by atoms with Gasteiger partial charge in [0.1, 0.15) is 22.7 Å². The molecule has 42 heavy (non-hydrogen) atoms. The molecule has 0 unspecified atom stereocenters. The van der Waals surface area contributed by atoms with Gasteiger partial charge in [-0.2, -0.15) is 5.10 Å². The van der Waals surface area contributed by atoms with Gasteiger partial charge in [-0.15, -0.1) is 0 Å². The fourth-order valence-electron chi connectivity index (χ4n) is 5.58. The Morgan fingerprint density at radius 3 is 2.71 bits per heavy atom. The van der Waals surface area contributed by atoms with Gasteiger partial charge in [0.05, 0.1) is 31.2 Å². The maximum Gasteiger partial charge on any atom is 0.310 e. The zero-order chi connectivity index (χ0) is 29.1. The number of esters is 1. The van der Waals surface area contributed by atoms with E-state index in [1.807, 2.05) is 37.4 Å². The van der Waals surface area contributed by atoms with Crippen molar-refractivity contribution < 1.29 is 19.0 Å². The SMILES string of the molecule is CCOC(=O)Cc1ccccc1OCc1nn(C2CN(CCOC)C2)c2ccc(-c3cccc4c(Br)nccc34)cc12. The molecular weight excluding hydrogens is 596 g/mol. The van der Waals surface area contributed by atoms with Crippen molar-refractivity contribution in [2.24, 2.45) is 0 Å². The quantitative estimate of drug-likeness (QED) is 0.127. The van der Waals surface area contributed by atoms with E-state index in [2.05, 4.69) is 73.0 Å². The van der Waals surface area contributed by atoms with Crippen LogP contribution in [0.3, 0.4) is 0 Å². The third kappa shape index (κ3) is 5.77. The summed E-state index contributed by atoms with van der Waals surface area (Å²) in [7, 11) is 1.73. The summed E-state index contributed by atoms with van der Waals surface area (Å²) >= 11 is 3.60. The lowest BCUT2D eigenvalue weighted by Crippen LogP contribution is -2.49. The van der Waals surface area contributed by atoms with Gasteiger partial charge in [-0.25, -0.2) is 4.98 Å². The molecule has 3 heterocycles. The van der Waals surface area contributed by atoms with Crippen LogP contribution >= 0.6 is 15.9 Å². The van der Waals surface area contributed by atoms with Crippen LogP contribution in [-0.4, -0.2) is 65.6 Å². The van der Waals surface area contributed by atoms with Gasteiger partial charge < -0.3 is 14.2 Å². The Balaban J connectivity index is 1.35. The summed E-state index contributed by atoms with van der Waals surface area (Å²) in [5, 5.41) is 8.35. The molecule has 1 aliphatic heterocycles. The summed E-state index contributed by atoms with van der Waals surface area (Å²) in [6.45, 7) is 5.92. The number of methoxy groups -OCH3 is 1. The third-order valence-corrected chi connectivity index (χ3v) is 8.36. The molecule has 0 bridgehead atoms. The molecule has 1 saturated heterocycles. The zero-order valence-electron chi connectivity index (χ0n) is 23.8. The van der Waals surface area contributed by atoms with Crippen molar-refractivity contribution in [1.29, 1.82) is 0 Å². The smallest absolute Gasteiger partial charge is 0.310 e. The van der Waals surface area contributed by atoms with Gasteiger partial charge in [-0.05, 0) is 63.6 Å². The minimum absolute atomic E-state index is 0.161. The number of nitrogens with zero attached hydrogens (tertiary/aromatic N) is 4. The molecule has 0 aliphatic carbocycles. The number of halogens is 1. The van der Waals surface area contributed by atoms with Gasteiger partial charge in [0.2, 0.25) is 0 Å². The first kappa shape index (κ1) is 28.3. The number of hydrogen-bond donors (Lipinski definition) is 0. The molecule has 0 atom stereocenters. The first-order valence-corrected chi connectivity index (χ1v) is 15.0. The Morgan fingerprint density at radius 1 is 1.02 bits per heavy atom. The summed E-state index contributed by atoms with van der Waals surface area (Å²) < 4.78 is 19.7. The largest absolute Gasteiger partial charge is 0.487 e. The zero-order valence-corrected chi connectivity index (χ0v) is 25.3. The van der Waals surface area contributed by atoms with Gasteiger partial charge in [0, 0.05) is 49.3 Å². The Bertz CT molecular complexity index is 1730. The molecule has 9 heteroatoms. The molecule has 0 N–H and O–H groups in total. The van der Waals surface area contributed by atoms with Crippen LogP contribution in [0.2, 0.25) is 0 Å². The van der Waals surface area contributed by atoms with Gasteiger partial charge >= 0.3 is 5.97 Å². The molecule has 5 aromatic rings. The van der Waals surface area contributed by atoms with E-state index >= 15 is 0 Å². The van der Waals surface area contributed by atoms with Crippen LogP contribution in [0.4, 0.5) is 0 Å². The monoisotopic (exact) mass is 628 g/mol. The second-order valence-electron chi connectivity index (χ2n) is 10.4. The normalized spacial score (nSPS) is 13.9. The van der Waals surface area contributed by atoms with Crippen molar-refractivity contribution in [3.63, 3.8) is 0 Å². The topological polar surface area (TPSA) is 78.7 Å². The first-order chi connectivity index (χ1) is 20.6. The molecule has 0 amide bonds. The van der Waals surface area contributed by atoms with Crippen LogP contribution < -0.4 is 4.74 Å². The first-order valence-electron chi connectivity index (χ1n) is 14.2. The van der Waals surface area contributed by atoms with Crippen molar-refractivity contribution in [3.8, 4) is 16.9 Å². The van der Waals surface area contributed by atoms with Crippen LogP contribution in [0.1, 0.15) is 24.2 Å². The summed E-state index contributed by atoms with van der Waals surface area (Å²) in [6, 6.07) is 22.8. The second-order valence-corrected chi connectivity index (χ2v) is 11.2. The van der Waals surface area contributed by atoms with Crippen LogP contribution in [-0.2, 0) is 27.3 Å². The summed E-state index contributed by atoms with van der Waals surface area (Å²) in [5.41, 5.74) is 4.97. The van der Waals surface area contributed by atoms with Crippen LogP contribution in [0, 0.1) is 0 Å². The van der Waals surface area contributed by atoms with Crippen molar-refractivity contribution in [3.05, 3.63) is 88.8 Å². The standard InChI is InChI=1S/C33H33BrN4O4/c1-3-41-32(39)18-23-7-4-5-10-31(23)42-21-29-28-17-22(25-8-6-9-27-26(25)13-14-35-33(27)34)11-12-30(28)38(36-29)24-19-37(20-24)15-16-40-2/h4-14,17,24H,3,15-16,18-21H2,1-2H3. The average molecular weight is 630 g/mol. The molecular formula is C33H33BrN4O4. The number of carbonyl (C=O) groups excluding carboxylic acids is 1. The highest BCUT2D eigenvalue weighted by Crippen LogP contribution is 2.35. The van der Waals surface area contributed by atoms with Crippen LogP contribution in [0.25, 0.3) is 32.8 Å². The molecule has 1 fully saturated rings. The molecule has 0 saturated carbocycles. The van der Waals surface area contributed by atoms with Gasteiger partial charge in [0.15, 0.2) is 0 Å². The number of likely N-dealkylation sites (tertiary alicyclic amines) is 1. The van der Waals surface area contributed by atoms with E-state index < -0.39 is 0 Å². The maximum atomic E-state index is 12.2. The second kappa shape index (κ2) is 12.6. The summed E-state index contributed by atoms with van der Waals surface area (Å²) in [5.74, 6) is 0.387. The Hall–Kier alpha value is -3.79. The molecule has 6 rings (SSSR count). The summed E-state index contributed by atoms with van der Waals surface area (Å²) in [6.07, 6.45) is 1.99. The lowest BCUT2D eigenvalue weighted by molar-refractivity contribution is -0.142. The molecule has 0 spiro atoms. The number of fused-ring (bicyclic) bond motifs is 2. The van der Waals surface area contributed by atoms with Gasteiger partial charge in [-0.3, -0.25) is 14.4 Å². The van der Waals surface area contributed by atoms with Crippen molar-refractivity contribution in [2.45, 2.75) is 26.0 Å². The highest BCUT2D eigenvalue weighted by Gasteiger charge is 2.30. The molecule has 3 aromatic carbocycles. The molecule has 2 aromatic heterocycles. The Morgan fingerprint density at radius 2 is 1.88 bits per heavy atom. The fraction of sp³-hybridized carbons (Fsp3) is 0.303. The van der Waals surface area contributed by atoms with E-state index in [1.54, 1.807) is 7.11 Å². The van der Waals surface area contributed by atoms with Gasteiger partial charge in [-0.1, -0.05) is 42.5 Å². The third-order valence-electron chi connectivity index (χ3n) is 7.72. The predicted molar refractivity (Wildman–Crippen MR) is 167 cm³/mol. The minimum atomic E-state index is -0.271. The average Bonchev–Trinajstić information content (AvgIpc) is 3.33. The number of carbonyl (C=O) groups is 1. The van der Waals surface area contributed by atoms with E-state index in [1.165, 1.54) is 0 Å². The Labute approximate surface area is 253 Å². The Kier molecular flexibility index (Phi) is 8.51. The lowest BCUT2D eigenvalue weighted by atomic mass is 9.98. The number of para-hydroxylation sites is 1. The van der Waals surface area contributed by atoms with E-state index in [0.29, 0.717) is 12.4 Å². The van der Waals surface area contributed by atoms with E-state index in [0.717, 1.165) is 74.9 Å². The fourth-order valence-corrected chi connectivity index (χ4v) is 6.05. The van der Waals surface area contributed by atoms with Crippen molar-refractivity contribution in [2.75, 3.05) is 40.0 Å². The van der Waals surface area contributed by atoms with Crippen LogP contribution in [0.5, 0.6) is 5.75 Å². The number of hydrogen-bond acceptors (Lipinski definition) is 7. The molecule has 0 radical (unpaired) electrons. The van der Waals surface area contributed by atoms with E-state index in [9.17, 15) is 4.79 Å². The van der Waals surface area contributed by atoms with E-state index in [4.69, 9.17) is 19.3 Å². The van der Waals surface area contributed by atoms with Crippen molar-refractivity contribution >= 4 is 43.6 Å². The highest BCUT2D eigenvalue weighted by atomic mass is 79.9. The molecule has 216 valence electrons. The number of rotatable bonds is 11. The van der Waals surface area contributed by atoms with Crippen LogP contribution in [0.15, 0.2) is 77.5 Å². The van der Waals surface area contributed by atoms with Crippen molar-refractivity contribution in [1.82, 2.24) is 19.7 Å². The number of ether oxygens (including phenoxy) is 3. The maximum absolute atomic E-state index is 12.2. The van der Waals surface area contributed by atoms with E-state index in [-0.39, 0.29) is 25.0 Å². The lowest BCUT2D eigenvalue weighted by Gasteiger charge is -2.39. The molecule has 8 nitrogen and oxygen atoms in total. The minimum Gasteiger partial charge on any atom is -0.487 e. The molecule has 1 aliphatic rings.